The van der Waals surface area contributed by atoms with E-state index in [0.29, 0.717) is 5.03 Å². The Kier molecular flexibility index (Phi) is 7.05. The van der Waals surface area contributed by atoms with E-state index in [2.05, 4.69) is 38.4 Å². The zero-order valence-electron chi connectivity index (χ0n) is 8.29. The lowest BCUT2D eigenvalue weighted by molar-refractivity contribution is 0.618. The summed E-state index contributed by atoms with van der Waals surface area (Å²) >= 11 is 18.7. The minimum Gasteiger partial charge on any atom is -0.119 e. The van der Waals surface area contributed by atoms with E-state index in [0.717, 1.165) is 18.4 Å². The largest absolute Gasteiger partial charge is 0.119 e. The van der Waals surface area contributed by atoms with Crippen LogP contribution in [0.4, 0.5) is 0 Å². The van der Waals surface area contributed by atoms with Gasteiger partial charge in [-0.3, -0.25) is 0 Å². The molecule has 0 N–H and O–H groups in total. The van der Waals surface area contributed by atoms with Gasteiger partial charge in [-0.2, -0.15) is 0 Å². The van der Waals surface area contributed by atoms with Crippen LogP contribution in [0, 0.1) is 0 Å². The van der Waals surface area contributed by atoms with Gasteiger partial charge in [-0.1, -0.05) is 50.0 Å². The number of rotatable bonds is 5. The van der Waals surface area contributed by atoms with Crippen LogP contribution in [-0.4, -0.2) is 9.70 Å². The number of halogens is 4. The summed E-state index contributed by atoms with van der Waals surface area (Å²) in [6, 6.07) is 0. The fourth-order valence-corrected chi connectivity index (χ4v) is 1.60. The van der Waals surface area contributed by atoms with Gasteiger partial charge in [0, 0.05) is 9.81 Å². The van der Waals surface area contributed by atoms with E-state index in [1.165, 1.54) is 0 Å². The summed E-state index contributed by atoms with van der Waals surface area (Å²) in [5.74, 6) is 0. The summed E-state index contributed by atoms with van der Waals surface area (Å²) in [7, 11) is 0. The predicted molar refractivity (Wildman–Crippen MR) is 73.9 cm³/mol. The van der Waals surface area contributed by atoms with E-state index in [9.17, 15) is 0 Å². The van der Waals surface area contributed by atoms with Crippen molar-refractivity contribution in [1.29, 1.82) is 0 Å². The van der Waals surface area contributed by atoms with Crippen LogP contribution in [0.25, 0.3) is 0 Å². The first kappa shape index (κ1) is 15.0. The van der Waals surface area contributed by atoms with Crippen molar-refractivity contribution in [2.24, 2.45) is 0 Å². The fraction of sp³-hybridized carbons (Fsp3) is 0.600. The highest BCUT2D eigenvalue weighted by Gasteiger charge is 2.24. The Balaban J connectivity index is 4.02. The third kappa shape index (κ3) is 5.79. The van der Waals surface area contributed by atoms with Gasteiger partial charge in [0.25, 0.3) is 0 Å². The Morgan fingerprint density at radius 1 is 1.57 bits per heavy atom. The van der Waals surface area contributed by atoms with Crippen molar-refractivity contribution in [3.05, 3.63) is 22.2 Å². The lowest BCUT2D eigenvalue weighted by atomic mass is 10.0. The quantitative estimate of drug-likeness (QED) is 0.441. The molecule has 0 fully saturated rings. The average molecular weight is 365 g/mol. The zero-order valence-corrected chi connectivity index (χ0v) is 13.0. The van der Waals surface area contributed by atoms with Gasteiger partial charge >= 0.3 is 0 Å². The molecule has 0 aliphatic heterocycles. The van der Waals surface area contributed by atoms with Crippen LogP contribution in [0.3, 0.4) is 0 Å². The van der Waals surface area contributed by atoms with E-state index in [1.54, 1.807) is 4.99 Å². The average Bonchev–Trinajstić information content (AvgIpc) is 2.10. The summed E-state index contributed by atoms with van der Waals surface area (Å²) in [6.07, 6.45) is 1.76. The van der Waals surface area contributed by atoms with Gasteiger partial charge in [0.05, 0.1) is 9.91 Å². The lowest BCUT2D eigenvalue weighted by Crippen LogP contribution is -2.24. The molecule has 0 saturated carbocycles. The third-order valence-corrected chi connectivity index (χ3v) is 5.11. The van der Waals surface area contributed by atoms with E-state index >= 15 is 0 Å². The molecule has 14 heavy (non-hydrogen) atoms. The van der Waals surface area contributed by atoms with Crippen molar-refractivity contribution < 1.29 is 0 Å². The van der Waals surface area contributed by atoms with Crippen LogP contribution in [0.1, 0.15) is 26.7 Å². The molecular formula is C10H14Br2Cl2. The van der Waals surface area contributed by atoms with Crippen molar-refractivity contribution in [2.75, 3.05) is 0 Å². The van der Waals surface area contributed by atoms with Crippen molar-refractivity contribution in [2.45, 2.75) is 36.4 Å². The number of allylic oxidation sites excluding steroid dienone is 2. The van der Waals surface area contributed by atoms with Gasteiger partial charge in [-0.25, -0.2) is 0 Å². The Morgan fingerprint density at radius 3 is 2.43 bits per heavy atom. The fourth-order valence-electron chi connectivity index (χ4n) is 0.841. The van der Waals surface area contributed by atoms with Crippen LogP contribution in [0.5, 0.6) is 0 Å². The molecule has 4 heteroatoms. The van der Waals surface area contributed by atoms with E-state index in [4.69, 9.17) is 23.2 Å². The molecule has 0 nitrogen and oxygen atoms in total. The van der Waals surface area contributed by atoms with Gasteiger partial charge in [0.1, 0.15) is 0 Å². The Bertz CT molecular complexity index is 229. The maximum Gasteiger partial charge on any atom is 0.0515 e. The predicted octanol–water partition coefficient (Wildman–Crippen LogP) is 5.58. The van der Waals surface area contributed by atoms with Crippen molar-refractivity contribution >= 4 is 55.1 Å². The SMILES string of the molecule is C=C(CCC(Br)C(C)(C)Cl)C(Cl)=CBr. The highest BCUT2D eigenvalue weighted by Crippen LogP contribution is 2.30. The van der Waals surface area contributed by atoms with Crippen LogP contribution >= 0.6 is 55.1 Å². The lowest BCUT2D eigenvalue weighted by Gasteiger charge is -2.23. The third-order valence-electron chi connectivity index (χ3n) is 1.88. The topological polar surface area (TPSA) is 0 Å². The number of hydrogen-bond acceptors (Lipinski definition) is 0. The van der Waals surface area contributed by atoms with Gasteiger partial charge < -0.3 is 0 Å². The van der Waals surface area contributed by atoms with Crippen LogP contribution in [0.15, 0.2) is 22.2 Å². The Labute approximate surface area is 113 Å². The molecule has 0 bridgehead atoms. The molecule has 0 aliphatic rings. The first-order chi connectivity index (χ1) is 6.29. The summed E-state index contributed by atoms with van der Waals surface area (Å²) in [5, 5.41) is 0.664. The molecule has 0 saturated heterocycles. The molecule has 1 atom stereocenters. The molecule has 0 aliphatic carbocycles. The van der Waals surface area contributed by atoms with Crippen molar-refractivity contribution in [3.8, 4) is 0 Å². The summed E-state index contributed by atoms with van der Waals surface area (Å²) < 4.78 is 0. The smallest absolute Gasteiger partial charge is 0.0515 e. The summed E-state index contributed by atoms with van der Waals surface area (Å²) in [4.78, 5) is 1.69. The number of hydrogen-bond donors (Lipinski definition) is 0. The minimum absolute atomic E-state index is 0.245. The normalized spacial score (nSPS) is 15.4. The molecule has 0 aromatic carbocycles. The van der Waals surface area contributed by atoms with E-state index in [-0.39, 0.29) is 9.70 Å². The van der Waals surface area contributed by atoms with Gasteiger partial charge in [0.15, 0.2) is 0 Å². The second-order valence-corrected chi connectivity index (χ2v) is 6.58. The highest BCUT2D eigenvalue weighted by atomic mass is 79.9. The van der Waals surface area contributed by atoms with E-state index in [1.807, 2.05) is 13.8 Å². The van der Waals surface area contributed by atoms with Crippen molar-refractivity contribution in [3.63, 3.8) is 0 Å². The Hall–Kier alpha value is 1.02. The Morgan fingerprint density at radius 2 is 2.07 bits per heavy atom. The molecule has 0 heterocycles. The monoisotopic (exact) mass is 362 g/mol. The summed E-state index contributed by atoms with van der Waals surface area (Å²) in [6.45, 7) is 7.85. The van der Waals surface area contributed by atoms with Crippen LogP contribution in [-0.2, 0) is 0 Å². The summed E-state index contributed by atoms with van der Waals surface area (Å²) in [5.41, 5.74) is 0.925. The molecule has 0 aromatic heterocycles. The zero-order chi connectivity index (χ0) is 11.4. The molecule has 0 aromatic rings. The second-order valence-electron chi connectivity index (χ2n) is 3.63. The molecule has 0 rings (SSSR count). The maximum absolute atomic E-state index is 6.15. The highest BCUT2D eigenvalue weighted by molar-refractivity contribution is 9.11. The standard InChI is InChI=1S/C10H14Br2Cl2/c1-7(8(13)6-11)4-5-9(12)10(2,3)14/h6,9H,1,4-5H2,2-3H3. The minimum atomic E-state index is -0.245. The van der Waals surface area contributed by atoms with E-state index < -0.39 is 0 Å². The van der Waals surface area contributed by atoms with Crippen LogP contribution in [0.2, 0.25) is 0 Å². The first-order valence-corrected chi connectivity index (χ1v) is 6.84. The van der Waals surface area contributed by atoms with Gasteiger partial charge in [0.2, 0.25) is 0 Å². The number of alkyl halides is 2. The van der Waals surface area contributed by atoms with Crippen molar-refractivity contribution in [1.82, 2.24) is 0 Å². The molecule has 0 amide bonds. The van der Waals surface area contributed by atoms with Gasteiger partial charge in [-0.05, 0) is 32.3 Å². The molecular weight excluding hydrogens is 351 g/mol. The molecule has 1 unspecified atom stereocenters. The maximum atomic E-state index is 6.15. The van der Waals surface area contributed by atoms with Gasteiger partial charge in [-0.15, -0.1) is 11.6 Å². The van der Waals surface area contributed by atoms with Crippen LogP contribution < -0.4 is 0 Å². The molecule has 82 valence electrons. The molecule has 0 radical (unpaired) electrons. The second kappa shape index (κ2) is 6.57. The molecule has 0 spiro atoms. The first-order valence-electron chi connectivity index (χ1n) is 4.26.